The number of hydrogen-bond acceptors (Lipinski definition) is 7. The van der Waals surface area contributed by atoms with Crippen LogP contribution in [0.5, 0.6) is 0 Å². The van der Waals surface area contributed by atoms with Crippen molar-refractivity contribution in [3.8, 4) is 0 Å². The van der Waals surface area contributed by atoms with Crippen molar-refractivity contribution in [3.63, 3.8) is 0 Å². The number of morpholine rings is 1. The second kappa shape index (κ2) is 6.74. The van der Waals surface area contributed by atoms with Crippen LogP contribution in [-0.2, 0) is 4.74 Å². The Morgan fingerprint density at radius 1 is 1.27 bits per heavy atom. The lowest BCUT2D eigenvalue weighted by molar-refractivity contribution is -0.0609. The highest BCUT2D eigenvalue weighted by Crippen LogP contribution is 2.20. The monoisotopic (exact) mass is 311 g/mol. The zero-order valence-corrected chi connectivity index (χ0v) is 12.3. The summed E-state index contributed by atoms with van der Waals surface area (Å²) >= 11 is 0. The quantitative estimate of drug-likeness (QED) is 0.718. The Morgan fingerprint density at radius 2 is 2.05 bits per heavy atom. The number of ether oxygens (including phenoxy) is 1. The minimum atomic E-state index is -0.884. The van der Waals surface area contributed by atoms with E-state index in [0.717, 1.165) is 0 Å². The van der Waals surface area contributed by atoms with E-state index in [1.165, 1.54) is 12.6 Å². The Balaban J connectivity index is 1.76. The Kier molecular flexibility index (Phi) is 4.72. The summed E-state index contributed by atoms with van der Waals surface area (Å²) < 4.78 is 10.4. The summed E-state index contributed by atoms with van der Waals surface area (Å²) in [6, 6.07) is -0.312. The first-order valence-corrected chi connectivity index (χ1v) is 7.52. The van der Waals surface area contributed by atoms with Gasteiger partial charge in [-0.15, -0.1) is 0 Å². The predicted octanol–water partition coefficient (Wildman–Crippen LogP) is -1.06. The maximum Gasteiger partial charge on any atom is 0.291 e. The lowest BCUT2D eigenvalue weighted by atomic mass is 10.0. The van der Waals surface area contributed by atoms with Crippen LogP contribution in [0, 0.1) is 0 Å². The van der Waals surface area contributed by atoms with Gasteiger partial charge in [0.05, 0.1) is 37.7 Å². The van der Waals surface area contributed by atoms with Crippen LogP contribution in [-0.4, -0.2) is 88.5 Å². The number of rotatable bonds is 2. The van der Waals surface area contributed by atoms with Gasteiger partial charge in [0.1, 0.15) is 0 Å². The molecule has 3 atom stereocenters. The Morgan fingerprint density at radius 3 is 2.73 bits per heavy atom. The molecule has 3 heterocycles. The van der Waals surface area contributed by atoms with E-state index in [0.29, 0.717) is 45.8 Å². The number of oxazole rings is 1. The molecular formula is C14H21N3O5. The SMILES string of the molecule is O=C(c1cnco1)N1CC[C@@H](O)[C@@H](O)[C@H](N2CCOCC2)C1. The minimum Gasteiger partial charge on any atom is -0.438 e. The highest BCUT2D eigenvalue weighted by molar-refractivity contribution is 5.91. The van der Waals surface area contributed by atoms with Crippen LogP contribution in [0.25, 0.3) is 0 Å². The molecule has 2 aliphatic heterocycles. The van der Waals surface area contributed by atoms with Crippen molar-refractivity contribution in [2.45, 2.75) is 24.7 Å². The van der Waals surface area contributed by atoms with Gasteiger partial charge in [-0.25, -0.2) is 4.98 Å². The number of hydrogen-bond donors (Lipinski definition) is 2. The van der Waals surface area contributed by atoms with Crippen LogP contribution >= 0.6 is 0 Å². The fourth-order valence-corrected chi connectivity index (χ4v) is 3.04. The number of carbonyl (C=O) groups excluding carboxylic acids is 1. The minimum absolute atomic E-state index is 0.173. The lowest BCUT2D eigenvalue weighted by Gasteiger charge is -2.38. The predicted molar refractivity (Wildman–Crippen MR) is 75.2 cm³/mol. The maximum absolute atomic E-state index is 12.4. The van der Waals surface area contributed by atoms with Crippen molar-refractivity contribution in [1.29, 1.82) is 0 Å². The average Bonchev–Trinajstić information content (AvgIpc) is 3.04. The average molecular weight is 311 g/mol. The second-order valence-corrected chi connectivity index (χ2v) is 5.68. The van der Waals surface area contributed by atoms with Gasteiger partial charge in [0, 0.05) is 26.2 Å². The molecular weight excluding hydrogens is 290 g/mol. The second-order valence-electron chi connectivity index (χ2n) is 5.68. The van der Waals surface area contributed by atoms with Gasteiger partial charge in [-0.05, 0) is 6.42 Å². The number of aliphatic hydroxyl groups excluding tert-OH is 2. The van der Waals surface area contributed by atoms with Crippen molar-refractivity contribution in [2.24, 2.45) is 0 Å². The zero-order valence-electron chi connectivity index (χ0n) is 12.3. The van der Waals surface area contributed by atoms with Gasteiger partial charge in [-0.2, -0.15) is 0 Å². The molecule has 8 heteroatoms. The summed E-state index contributed by atoms with van der Waals surface area (Å²) in [5, 5.41) is 20.5. The molecule has 1 aromatic rings. The fraction of sp³-hybridized carbons (Fsp3) is 0.714. The van der Waals surface area contributed by atoms with Gasteiger partial charge in [0.2, 0.25) is 5.76 Å². The van der Waals surface area contributed by atoms with E-state index in [9.17, 15) is 15.0 Å². The van der Waals surface area contributed by atoms with Crippen LogP contribution < -0.4 is 0 Å². The van der Waals surface area contributed by atoms with Gasteiger partial charge in [-0.1, -0.05) is 0 Å². The van der Waals surface area contributed by atoms with E-state index in [1.54, 1.807) is 4.90 Å². The van der Waals surface area contributed by atoms with Crippen molar-refractivity contribution in [1.82, 2.24) is 14.8 Å². The highest BCUT2D eigenvalue weighted by Gasteiger charge is 2.38. The summed E-state index contributed by atoms with van der Waals surface area (Å²) in [6.45, 7) is 3.26. The molecule has 0 aliphatic carbocycles. The van der Waals surface area contributed by atoms with Crippen molar-refractivity contribution >= 4 is 5.91 Å². The molecule has 0 spiro atoms. The van der Waals surface area contributed by atoms with Gasteiger partial charge in [-0.3, -0.25) is 9.69 Å². The third-order valence-electron chi connectivity index (χ3n) is 4.34. The topological polar surface area (TPSA) is 99.3 Å². The lowest BCUT2D eigenvalue weighted by Crippen LogP contribution is -2.55. The normalized spacial score (nSPS) is 31.0. The summed E-state index contributed by atoms with van der Waals surface area (Å²) in [4.78, 5) is 19.9. The molecule has 0 saturated carbocycles. The largest absolute Gasteiger partial charge is 0.438 e. The summed E-state index contributed by atoms with van der Waals surface area (Å²) in [6.07, 6.45) is 1.20. The van der Waals surface area contributed by atoms with E-state index in [-0.39, 0.29) is 17.7 Å². The first kappa shape index (κ1) is 15.4. The van der Waals surface area contributed by atoms with Crippen molar-refractivity contribution in [2.75, 3.05) is 39.4 Å². The molecule has 2 saturated heterocycles. The number of aromatic nitrogens is 1. The Labute approximate surface area is 128 Å². The van der Waals surface area contributed by atoms with Crippen LogP contribution in [0.3, 0.4) is 0 Å². The first-order chi connectivity index (χ1) is 10.7. The van der Waals surface area contributed by atoms with E-state index in [4.69, 9.17) is 9.15 Å². The number of likely N-dealkylation sites (tertiary alicyclic amines) is 1. The Bertz CT molecular complexity index is 489. The number of nitrogens with zero attached hydrogens (tertiary/aromatic N) is 3. The Hall–Kier alpha value is -1.48. The van der Waals surface area contributed by atoms with Crippen LogP contribution in [0.2, 0.25) is 0 Å². The molecule has 2 aliphatic rings. The maximum atomic E-state index is 12.4. The molecule has 2 N–H and O–H groups in total. The zero-order chi connectivity index (χ0) is 15.5. The van der Waals surface area contributed by atoms with Crippen molar-refractivity contribution < 1.29 is 24.2 Å². The highest BCUT2D eigenvalue weighted by atomic mass is 16.5. The molecule has 2 fully saturated rings. The van der Waals surface area contributed by atoms with Crippen LogP contribution in [0.4, 0.5) is 0 Å². The molecule has 1 amide bonds. The molecule has 0 radical (unpaired) electrons. The van der Waals surface area contributed by atoms with E-state index in [2.05, 4.69) is 9.88 Å². The standard InChI is InChI=1S/C14H21N3O5/c18-11-1-2-17(14(20)12-7-15-9-22-12)8-10(13(11)19)16-3-5-21-6-4-16/h7,9-11,13,18-19H,1-6,8H2/t10-,11-,13+/m1/s1. The molecule has 1 aromatic heterocycles. The van der Waals surface area contributed by atoms with Crippen LogP contribution in [0.1, 0.15) is 17.0 Å². The van der Waals surface area contributed by atoms with Crippen molar-refractivity contribution in [3.05, 3.63) is 18.4 Å². The van der Waals surface area contributed by atoms with E-state index < -0.39 is 12.2 Å². The van der Waals surface area contributed by atoms with Gasteiger partial charge >= 0.3 is 0 Å². The van der Waals surface area contributed by atoms with Crippen LogP contribution in [0.15, 0.2) is 17.0 Å². The fourth-order valence-electron chi connectivity index (χ4n) is 3.04. The summed E-state index contributed by atoms with van der Waals surface area (Å²) in [7, 11) is 0. The smallest absolute Gasteiger partial charge is 0.291 e. The van der Waals surface area contributed by atoms with Gasteiger partial charge in [0.25, 0.3) is 5.91 Å². The van der Waals surface area contributed by atoms with Gasteiger partial charge in [0.15, 0.2) is 6.39 Å². The first-order valence-electron chi connectivity index (χ1n) is 7.52. The van der Waals surface area contributed by atoms with E-state index >= 15 is 0 Å². The molecule has 0 aromatic carbocycles. The van der Waals surface area contributed by atoms with Gasteiger partial charge < -0.3 is 24.3 Å². The van der Waals surface area contributed by atoms with E-state index in [1.807, 2.05) is 0 Å². The number of aliphatic hydroxyl groups is 2. The molecule has 3 rings (SSSR count). The molecule has 122 valence electrons. The molecule has 0 unspecified atom stereocenters. The number of amides is 1. The third kappa shape index (κ3) is 3.14. The summed E-state index contributed by atoms with van der Waals surface area (Å²) in [5.41, 5.74) is 0. The third-order valence-corrected chi connectivity index (χ3v) is 4.34. The number of carbonyl (C=O) groups is 1. The molecule has 22 heavy (non-hydrogen) atoms. The molecule has 8 nitrogen and oxygen atoms in total. The molecule has 0 bridgehead atoms. The summed E-state index contributed by atoms with van der Waals surface area (Å²) in [5.74, 6) is -0.0938.